The molecular weight excluding hydrogens is 312 g/mol. The molecule has 1 aromatic heterocycles. The summed E-state index contributed by atoms with van der Waals surface area (Å²) in [5, 5.41) is 3.29. The molecule has 5 nitrogen and oxygen atoms in total. The standard InChI is InChI=1S/C20H20N4O/c1-25-18-9-5-3-7-16(18)14-22-20-21-12-10-19(23-20)24-13-11-15-6-2-4-8-17(15)24/h2-10,12H,11,13-14H2,1H3,(H,21,22,23). The van der Waals surface area contributed by atoms with Crippen molar-refractivity contribution in [1.29, 1.82) is 0 Å². The molecule has 0 atom stereocenters. The Morgan fingerprint density at radius 1 is 1.08 bits per heavy atom. The lowest BCUT2D eigenvalue weighted by Crippen LogP contribution is -2.16. The van der Waals surface area contributed by atoms with E-state index in [1.54, 1.807) is 13.3 Å². The van der Waals surface area contributed by atoms with E-state index < -0.39 is 0 Å². The highest BCUT2D eigenvalue weighted by Crippen LogP contribution is 2.33. The first-order chi connectivity index (χ1) is 12.3. The van der Waals surface area contributed by atoms with Crippen LogP contribution in [0.3, 0.4) is 0 Å². The van der Waals surface area contributed by atoms with Gasteiger partial charge in [-0.15, -0.1) is 0 Å². The lowest BCUT2D eigenvalue weighted by Gasteiger charge is -2.19. The highest BCUT2D eigenvalue weighted by atomic mass is 16.5. The van der Waals surface area contributed by atoms with Crippen LogP contribution in [0.2, 0.25) is 0 Å². The molecule has 25 heavy (non-hydrogen) atoms. The van der Waals surface area contributed by atoms with E-state index in [2.05, 4.69) is 44.5 Å². The number of anilines is 3. The van der Waals surface area contributed by atoms with Gasteiger partial charge in [0.1, 0.15) is 11.6 Å². The van der Waals surface area contributed by atoms with Crippen LogP contribution in [0.15, 0.2) is 60.8 Å². The molecule has 0 amide bonds. The van der Waals surface area contributed by atoms with Gasteiger partial charge in [-0.25, -0.2) is 4.98 Å². The molecule has 126 valence electrons. The third-order valence-electron chi connectivity index (χ3n) is 4.43. The molecule has 0 saturated carbocycles. The molecule has 0 radical (unpaired) electrons. The molecular formula is C20H20N4O. The zero-order valence-corrected chi connectivity index (χ0v) is 14.1. The third-order valence-corrected chi connectivity index (χ3v) is 4.43. The summed E-state index contributed by atoms with van der Waals surface area (Å²) in [5.41, 5.74) is 3.67. The summed E-state index contributed by atoms with van der Waals surface area (Å²) in [7, 11) is 1.68. The van der Waals surface area contributed by atoms with Crippen LogP contribution in [-0.2, 0) is 13.0 Å². The SMILES string of the molecule is COc1ccccc1CNc1nccc(N2CCc3ccccc32)n1. The molecule has 4 rings (SSSR count). The zero-order chi connectivity index (χ0) is 17.1. The van der Waals surface area contributed by atoms with Gasteiger partial charge in [0.15, 0.2) is 0 Å². The Bertz CT molecular complexity index is 881. The molecule has 0 aliphatic carbocycles. The predicted molar refractivity (Wildman–Crippen MR) is 99.5 cm³/mol. The monoisotopic (exact) mass is 332 g/mol. The average molecular weight is 332 g/mol. The minimum Gasteiger partial charge on any atom is -0.496 e. The lowest BCUT2D eigenvalue weighted by atomic mass is 10.2. The van der Waals surface area contributed by atoms with Gasteiger partial charge in [-0.1, -0.05) is 36.4 Å². The largest absolute Gasteiger partial charge is 0.496 e. The topological polar surface area (TPSA) is 50.3 Å². The fraction of sp³-hybridized carbons (Fsp3) is 0.200. The molecule has 1 N–H and O–H groups in total. The van der Waals surface area contributed by atoms with Crippen molar-refractivity contribution < 1.29 is 4.74 Å². The fourth-order valence-corrected chi connectivity index (χ4v) is 3.18. The Morgan fingerprint density at radius 2 is 1.92 bits per heavy atom. The number of benzene rings is 2. The molecule has 1 aliphatic rings. The number of hydrogen-bond donors (Lipinski definition) is 1. The van der Waals surface area contributed by atoms with Crippen molar-refractivity contribution in [3.63, 3.8) is 0 Å². The van der Waals surface area contributed by atoms with E-state index in [4.69, 9.17) is 4.74 Å². The van der Waals surface area contributed by atoms with Crippen molar-refractivity contribution in [1.82, 2.24) is 9.97 Å². The molecule has 0 bridgehead atoms. The molecule has 0 unspecified atom stereocenters. The number of aromatic nitrogens is 2. The first-order valence-electron chi connectivity index (χ1n) is 8.39. The number of nitrogens with one attached hydrogen (secondary N) is 1. The van der Waals surface area contributed by atoms with Gasteiger partial charge in [0.2, 0.25) is 5.95 Å². The number of hydrogen-bond acceptors (Lipinski definition) is 5. The van der Waals surface area contributed by atoms with Crippen LogP contribution >= 0.6 is 0 Å². The number of rotatable bonds is 5. The smallest absolute Gasteiger partial charge is 0.224 e. The van der Waals surface area contributed by atoms with Crippen LogP contribution in [-0.4, -0.2) is 23.6 Å². The minimum absolute atomic E-state index is 0.615. The number of methoxy groups -OCH3 is 1. The summed E-state index contributed by atoms with van der Waals surface area (Å²) >= 11 is 0. The van der Waals surface area contributed by atoms with Gasteiger partial charge in [0.05, 0.1) is 7.11 Å². The summed E-state index contributed by atoms with van der Waals surface area (Å²) < 4.78 is 5.39. The molecule has 5 heteroatoms. The number of para-hydroxylation sites is 2. The van der Waals surface area contributed by atoms with Gasteiger partial charge in [0.25, 0.3) is 0 Å². The van der Waals surface area contributed by atoms with Crippen molar-refractivity contribution in [2.75, 3.05) is 23.9 Å². The summed E-state index contributed by atoms with van der Waals surface area (Å²) in [6.07, 6.45) is 2.85. The Kier molecular flexibility index (Phi) is 4.21. The molecule has 0 fully saturated rings. The van der Waals surface area contributed by atoms with Crippen LogP contribution in [0.25, 0.3) is 0 Å². The molecule has 0 saturated heterocycles. The number of ether oxygens (including phenoxy) is 1. The van der Waals surface area contributed by atoms with E-state index in [0.29, 0.717) is 12.5 Å². The van der Waals surface area contributed by atoms with Crippen molar-refractivity contribution in [2.45, 2.75) is 13.0 Å². The van der Waals surface area contributed by atoms with E-state index in [9.17, 15) is 0 Å². The van der Waals surface area contributed by atoms with Crippen molar-refractivity contribution in [2.24, 2.45) is 0 Å². The number of nitrogens with zero attached hydrogens (tertiary/aromatic N) is 3. The summed E-state index contributed by atoms with van der Waals surface area (Å²) in [6, 6.07) is 18.4. The summed E-state index contributed by atoms with van der Waals surface area (Å²) in [5.74, 6) is 2.40. The molecule has 2 aromatic carbocycles. The van der Waals surface area contributed by atoms with E-state index >= 15 is 0 Å². The van der Waals surface area contributed by atoms with Crippen LogP contribution in [0, 0.1) is 0 Å². The van der Waals surface area contributed by atoms with E-state index in [1.165, 1.54) is 11.3 Å². The second-order valence-electron chi connectivity index (χ2n) is 5.93. The van der Waals surface area contributed by atoms with Crippen LogP contribution in [0.1, 0.15) is 11.1 Å². The first kappa shape index (κ1) is 15.4. The van der Waals surface area contributed by atoms with Crippen LogP contribution < -0.4 is 15.0 Å². The Morgan fingerprint density at radius 3 is 2.84 bits per heavy atom. The third kappa shape index (κ3) is 3.13. The Balaban J connectivity index is 1.53. The van der Waals surface area contributed by atoms with Crippen molar-refractivity contribution >= 4 is 17.5 Å². The van der Waals surface area contributed by atoms with E-state index in [1.807, 2.05) is 30.3 Å². The zero-order valence-electron chi connectivity index (χ0n) is 14.1. The summed E-state index contributed by atoms with van der Waals surface area (Å²) in [4.78, 5) is 11.3. The normalized spacial score (nSPS) is 12.8. The van der Waals surface area contributed by atoms with Gasteiger partial charge in [0, 0.05) is 30.5 Å². The molecule has 2 heterocycles. The van der Waals surface area contributed by atoms with Gasteiger partial charge < -0.3 is 15.0 Å². The highest BCUT2D eigenvalue weighted by Gasteiger charge is 2.20. The minimum atomic E-state index is 0.615. The second-order valence-corrected chi connectivity index (χ2v) is 5.93. The summed E-state index contributed by atoms with van der Waals surface area (Å²) in [6.45, 7) is 1.56. The predicted octanol–water partition coefficient (Wildman–Crippen LogP) is 3.79. The molecule has 0 spiro atoms. The fourth-order valence-electron chi connectivity index (χ4n) is 3.18. The van der Waals surface area contributed by atoms with Gasteiger partial charge in [-0.2, -0.15) is 4.98 Å². The maximum atomic E-state index is 5.39. The Labute approximate surface area is 147 Å². The molecule has 3 aromatic rings. The molecule has 1 aliphatic heterocycles. The van der Waals surface area contributed by atoms with Gasteiger partial charge >= 0.3 is 0 Å². The maximum absolute atomic E-state index is 5.39. The lowest BCUT2D eigenvalue weighted by molar-refractivity contribution is 0.410. The quantitative estimate of drug-likeness (QED) is 0.770. The van der Waals surface area contributed by atoms with Crippen molar-refractivity contribution in [3.8, 4) is 5.75 Å². The van der Waals surface area contributed by atoms with E-state index in [-0.39, 0.29) is 0 Å². The Hall–Kier alpha value is -3.08. The van der Waals surface area contributed by atoms with Crippen molar-refractivity contribution in [3.05, 3.63) is 71.9 Å². The second kappa shape index (κ2) is 6.81. The van der Waals surface area contributed by atoms with Crippen LogP contribution in [0.4, 0.5) is 17.5 Å². The van der Waals surface area contributed by atoms with Crippen LogP contribution in [0.5, 0.6) is 5.75 Å². The average Bonchev–Trinajstić information content (AvgIpc) is 3.11. The highest BCUT2D eigenvalue weighted by molar-refractivity contribution is 5.67. The van der Waals surface area contributed by atoms with Gasteiger partial charge in [-0.3, -0.25) is 0 Å². The number of fused-ring (bicyclic) bond motifs is 1. The van der Waals surface area contributed by atoms with Gasteiger partial charge in [-0.05, 0) is 30.2 Å². The van der Waals surface area contributed by atoms with E-state index in [0.717, 1.165) is 30.1 Å². The maximum Gasteiger partial charge on any atom is 0.224 e. The first-order valence-corrected chi connectivity index (χ1v) is 8.39.